The van der Waals surface area contributed by atoms with Crippen LogP contribution in [0.15, 0.2) is 10.7 Å². The summed E-state index contributed by atoms with van der Waals surface area (Å²) in [4.78, 5) is 12.3. The Morgan fingerprint density at radius 1 is 1.43 bits per heavy atom. The number of amides is 1. The first-order valence-corrected chi connectivity index (χ1v) is 7.24. The minimum absolute atomic E-state index is 0.110. The van der Waals surface area contributed by atoms with Crippen LogP contribution in [-0.2, 0) is 6.42 Å². The standard InChI is InChI=1S/C15H22N4O2/c1-9(2)14-13(11(4)19-21-14)15(20)16-7-5-6-12-8-17-18-10(12)3/h8-9H,5-7H2,1-4H3,(H,16,20)(H,17,18). The van der Waals surface area contributed by atoms with Gasteiger partial charge in [-0.1, -0.05) is 19.0 Å². The molecule has 0 aromatic carbocycles. The second-order valence-corrected chi connectivity index (χ2v) is 5.54. The summed E-state index contributed by atoms with van der Waals surface area (Å²) in [5.41, 5.74) is 3.48. The molecule has 114 valence electrons. The molecule has 2 aromatic rings. The minimum Gasteiger partial charge on any atom is -0.360 e. The van der Waals surface area contributed by atoms with Crippen molar-refractivity contribution in [3.05, 3.63) is 34.5 Å². The molecular formula is C15H22N4O2. The molecule has 2 rings (SSSR count). The first kappa shape index (κ1) is 15.3. The van der Waals surface area contributed by atoms with E-state index in [2.05, 4.69) is 20.7 Å². The molecule has 0 bridgehead atoms. The van der Waals surface area contributed by atoms with Crippen molar-refractivity contribution in [2.24, 2.45) is 0 Å². The first-order valence-electron chi connectivity index (χ1n) is 7.24. The van der Waals surface area contributed by atoms with E-state index in [9.17, 15) is 4.79 Å². The highest BCUT2D eigenvalue weighted by atomic mass is 16.5. The second-order valence-electron chi connectivity index (χ2n) is 5.54. The molecule has 21 heavy (non-hydrogen) atoms. The number of nitrogens with zero attached hydrogens (tertiary/aromatic N) is 2. The number of aryl methyl sites for hydroxylation is 3. The Kier molecular flexibility index (Phi) is 4.77. The molecule has 1 amide bonds. The Hall–Kier alpha value is -2.11. The van der Waals surface area contributed by atoms with Crippen LogP contribution in [0.3, 0.4) is 0 Å². The molecule has 2 N–H and O–H groups in total. The van der Waals surface area contributed by atoms with Gasteiger partial charge in [-0.05, 0) is 32.3 Å². The highest BCUT2D eigenvalue weighted by molar-refractivity contribution is 5.96. The fraction of sp³-hybridized carbons (Fsp3) is 0.533. The maximum Gasteiger partial charge on any atom is 0.256 e. The Labute approximate surface area is 124 Å². The Bertz CT molecular complexity index is 613. The SMILES string of the molecule is Cc1noc(C(C)C)c1C(=O)NCCCc1cn[nH]c1C. The molecule has 0 saturated heterocycles. The minimum atomic E-state index is -0.110. The Balaban J connectivity index is 1.88. The largest absolute Gasteiger partial charge is 0.360 e. The van der Waals surface area contributed by atoms with Crippen molar-refractivity contribution in [3.8, 4) is 0 Å². The number of aromatic nitrogens is 3. The van der Waals surface area contributed by atoms with Gasteiger partial charge >= 0.3 is 0 Å². The lowest BCUT2D eigenvalue weighted by molar-refractivity contribution is 0.0950. The third-order valence-corrected chi connectivity index (χ3v) is 3.48. The highest BCUT2D eigenvalue weighted by Gasteiger charge is 2.22. The summed E-state index contributed by atoms with van der Waals surface area (Å²) in [6, 6.07) is 0. The first-order chi connectivity index (χ1) is 10.0. The number of carbonyl (C=O) groups is 1. The lowest BCUT2D eigenvalue weighted by Crippen LogP contribution is -2.26. The monoisotopic (exact) mass is 290 g/mol. The van der Waals surface area contributed by atoms with Crippen molar-refractivity contribution < 1.29 is 9.32 Å². The highest BCUT2D eigenvalue weighted by Crippen LogP contribution is 2.21. The fourth-order valence-electron chi connectivity index (χ4n) is 2.25. The van der Waals surface area contributed by atoms with E-state index in [0.29, 0.717) is 23.6 Å². The summed E-state index contributed by atoms with van der Waals surface area (Å²) in [6.07, 6.45) is 3.59. The van der Waals surface area contributed by atoms with Crippen molar-refractivity contribution in [1.82, 2.24) is 20.7 Å². The maximum absolute atomic E-state index is 12.3. The summed E-state index contributed by atoms with van der Waals surface area (Å²) in [7, 11) is 0. The average molecular weight is 290 g/mol. The number of hydrogen-bond acceptors (Lipinski definition) is 4. The normalized spacial score (nSPS) is 11.1. The van der Waals surface area contributed by atoms with Crippen LogP contribution in [0.4, 0.5) is 0 Å². The summed E-state index contributed by atoms with van der Waals surface area (Å²) < 4.78 is 5.24. The molecule has 0 aliphatic carbocycles. The maximum atomic E-state index is 12.3. The van der Waals surface area contributed by atoms with Crippen LogP contribution in [0.2, 0.25) is 0 Å². The summed E-state index contributed by atoms with van der Waals surface area (Å²) in [5, 5.41) is 13.7. The van der Waals surface area contributed by atoms with Crippen LogP contribution in [0, 0.1) is 13.8 Å². The van der Waals surface area contributed by atoms with Gasteiger partial charge in [-0.2, -0.15) is 5.10 Å². The van der Waals surface area contributed by atoms with Crippen LogP contribution in [0.25, 0.3) is 0 Å². The number of rotatable bonds is 6. The molecule has 6 nitrogen and oxygen atoms in total. The number of nitrogens with one attached hydrogen (secondary N) is 2. The topological polar surface area (TPSA) is 83.8 Å². The number of H-pyrrole nitrogens is 1. The van der Waals surface area contributed by atoms with Crippen molar-refractivity contribution >= 4 is 5.91 Å². The predicted molar refractivity (Wildman–Crippen MR) is 79.3 cm³/mol. The van der Waals surface area contributed by atoms with Gasteiger partial charge in [0, 0.05) is 18.2 Å². The van der Waals surface area contributed by atoms with Gasteiger partial charge in [0.05, 0.1) is 11.9 Å². The van der Waals surface area contributed by atoms with Crippen LogP contribution in [0.5, 0.6) is 0 Å². The molecule has 0 spiro atoms. The zero-order valence-corrected chi connectivity index (χ0v) is 13.0. The van der Waals surface area contributed by atoms with E-state index in [4.69, 9.17) is 4.52 Å². The Morgan fingerprint density at radius 2 is 2.19 bits per heavy atom. The molecule has 0 atom stereocenters. The number of hydrogen-bond donors (Lipinski definition) is 2. The molecule has 0 aliphatic rings. The Morgan fingerprint density at radius 3 is 2.81 bits per heavy atom. The average Bonchev–Trinajstić information content (AvgIpc) is 3.01. The number of carbonyl (C=O) groups excluding carboxylic acids is 1. The lowest BCUT2D eigenvalue weighted by atomic mass is 10.0. The van der Waals surface area contributed by atoms with Gasteiger partial charge in [0.25, 0.3) is 5.91 Å². The van der Waals surface area contributed by atoms with Crippen molar-refractivity contribution in [3.63, 3.8) is 0 Å². The summed E-state index contributed by atoms with van der Waals surface area (Å²) >= 11 is 0. The zero-order valence-electron chi connectivity index (χ0n) is 13.0. The third-order valence-electron chi connectivity index (χ3n) is 3.48. The van der Waals surface area contributed by atoms with Crippen LogP contribution in [-0.4, -0.2) is 27.8 Å². The van der Waals surface area contributed by atoms with Gasteiger partial charge < -0.3 is 9.84 Å². The van der Waals surface area contributed by atoms with Gasteiger partial charge in [-0.25, -0.2) is 0 Å². The molecule has 6 heteroatoms. The molecule has 2 aromatic heterocycles. The van der Waals surface area contributed by atoms with Crippen LogP contribution in [0.1, 0.15) is 59.3 Å². The van der Waals surface area contributed by atoms with E-state index in [0.717, 1.165) is 18.5 Å². The lowest BCUT2D eigenvalue weighted by Gasteiger charge is -2.07. The van der Waals surface area contributed by atoms with Gasteiger partial charge in [-0.3, -0.25) is 9.89 Å². The molecule has 2 heterocycles. The molecule has 0 radical (unpaired) electrons. The van der Waals surface area contributed by atoms with E-state index < -0.39 is 0 Å². The smallest absolute Gasteiger partial charge is 0.256 e. The van der Waals surface area contributed by atoms with Crippen molar-refractivity contribution in [2.75, 3.05) is 6.54 Å². The zero-order chi connectivity index (χ0) is 15.4. The van der Waals surface area contributed by atoms with Gasteiger partial charge in [0.2, 0.25) is 0 Å². The van der Waals surface area contributed by atoms with Crippen LogP contribution < -0.4 is 5.32 Å². The molecular weight excluding hydrogens is 268 g/mol. The van der Waals surface area contributed by atoms with Gasteiger partial charge in [0.15, 0.2) is 5.76 Å². The van der Waals surface area contributed by atoms with E-state index in [-0.39, 0.29) is 11.8 Å². The summed E-state index contributed by atoms with van der Waals surface area (Å²) in [6.45, 7) is 8.37. The third kappa shape index (κ3) is 3.51. The van der Waals surface area contributed by atoms with Gasteiger partial charge in [0.1, 0.15) is 5.56 Å². The van der Waals surface area contributed by atoms with E-state index >= 15 is 0 Å². The predicted octanol–water partition coefficient (Wildman–Crippen LogP) is 2.50. The van der Waals surface area contributed by atoms with Crippen molar-refractivity contribution in [2.45, 2.75) is 46.5 Å². The van der Waals surface area contributed by atoms with Crippen LogP contribution >= 0.6 is 0 Å². The molecule has 0 fully saturated rings. The van der Waals surface area contributed by atoms with E-state index in [1.807, 2.05) is 27.0 Å². The van der Waals surface area contributed by atoms with Crippen molar-refractivity contribution in [1.29, 1.82) is 0 Å². The van der Waals surface area contributed by atoms with E-state index in [1.54, 1.807) is 6.92 Å². The molecule has 0 saturated carbocycles. The second kappa shape index (κ2) is 6.56. The molecule has 0 aliphatic heterocycles. The quantitative estimate of drug-likeness (QED) is 0.801. The van der Waals surface area contributed by atoms with E-state index in [1.165, 1.54) is 5.56 Å². The van der Waals surface area contributed by atoms with Gasteiger partial charge in [-0.15, -0.1) is 0 Å². The fourth-order valence-corrected chi connectivity index (χ4v) is 2.25. The number of aromatic amines is 1. The summed E-state index contributed by atoms with van der Waals surface area (Å²) in [5.74, 6) is 0.678. The molecule has 0 unspecified atom stereocenters.